The first-order valence-electron chi connectivity index (χ1n) is 11.5. The molecule has 1 atom stereocenters. The average Bonchev–Trinajstić information content (AvgIpc) is 3.10. The van der Waals surface area contributed by atoms with Gasteiger partial charge in [0.05, 0.1) is 0 Å². The van der Waals surface area contributed by atoms with Crippen LogP contribution in [0.15, 0.2) is 18.2 Å². The van der Waals surface area contributed by atoms with Crippen molar-refractivity contribution in [2.45, 2.75) is 38.3 Å². The van der Waals surface area contributed by atoms with Crippen molar-refractivity contribution in [2.75, 3.05) is 50.7 Å². The standard InChI is InChI=1S/C23H31N5O3/c29-21-4-3-20(22(30)25-21)28-15-17-13-18(1-2-19(17)23(28)31)27-11-9-26(10-12-27)14-16-5-7-24-8-6-16/h1-2,13,16,20,24H,3-12,14-15H2,(H,25,29,30)/t20-/m1/s1. The Morgan fingerprint density at radius 3 is 2.48 bits per heavy atom. The zero-order valence-corrected chi connectivity index (χ0v) is 17.9. The van der Waals surface area contributed by atoms with Crippen LogP contribution in [0.5, 0.6) is 0 Å². The molecule has 4 aliphatic heterocycles. The molecule has 1 aromatic rings. The summed E-state index contributed by atoms with van der Waals surface area (Å²) in [5.41, 5.74) is 2.81. The van der Waals surface area contributed by atoms with Crippen molar-refractivity contribution in [3.05, 3.63) is 29.3 Å². The van der Waals surface area contributed by atoms with Crippen LogP contribution in [0.1, 0.15) is 41.6 Å². The second-order valence-electron chi connectivity index (χ2n) is 9.22. The molecule has 4 heterocycles. The normalized spacial score (nSPS) is 25.7. The summed E-state index contributed by atoms with van der Waals surface area (Å²) < 4.78 is 0. The van der Waals surface area contributed by atoms with Crippen molar-refractivity contribution < 1.29 is 14.4 Å². The molecular formula is C23H31N5O3. The van der Waals surface area contributed by atoms with Crippen LogP contribution < -0.4 is 15.5 Å². The van der Waals surface area contributed by atoms with E-state index >= 15 is 0 Å². The van der Waals surface area contributed by atoms with E-state index in [9.17, 15) is 14.4 Å². The first-order valence-corrected chi connectivity index (χ1v) is 11.5. The van der Waals surface area contributed by atoms with Gasteiger partial charge in [-0.3, -0.25) is 24.6 Å². The van der Waals surface area contributed by atoms with Gasteiger partial charge >= 0.3 is 0 Å². The minimum absolute atomic E-state index is 0.108. The van der Waals surface area contributed by atoms with E-state index in [1.54, 1.807) is 4.90 Å². The van der Waals surface area contributed by atoms with Gasteiger partial charge in [0.25, 0.3) is 5.91 Å². The van der Waals surface area contributed by atoms with E-state index in [1.807, 2.05) is 12.1 Å². The molecule has 0 unspecified atom stereocenters. The van der Waals surface area contributed by atoms with E-state index in [0.29, 0.717) is 18.5 Å². The summed E-state index contributed by atoms with van der Waals surface area (Å²) >= 11 is 0. The van der Waals surface area contributed by atoms with Crippen molar-refractivity contribution in [3.63, 3.8) is 0 Å². The quantitative estimate of drug-likeness (QED) is 0.686. The number of hydrogen-bond acceptors (Lipinski definition) is 6. The molecule has 0 aliphatic carbocycles. The number of imide groups is 1. The Kier molecular flexibility index (Phi) is 5.67. The van der Waals surface area contributed by atoms with Gasteiger partial charge in [-0.25, -0.2) is 0 Å². The number of carbonyl (C=O) groups excluding carboxylic acids is 3. The molecule has 3 saturated heterocycles. The van der Waals surface area contributed by atoms with E-state index in [2.05, 4.69) is 26.5 Å². The van der Waals surface area contributed by atoms with Crippen molar-refractivity contribution in [3.8, 4) is 0 Å². The Morgan fingerprint density at radius 2 is 1.74 bits per heavy atom. The first kappa shape index (κ1) is 20.5. The lowest BCUT2D eigenvalue weighted by atomic mass is 9.97. The van der Waals surface area contributed by atoms with Gasteiger partial charge in [0.1, 0.15) is 6.04 Å². The van der Waals surface area contributed by atoms with Crippen LogP contribution in [0.25, 0.3) is 0 Å². The Labute approximate surface area is 182 Å². The Balaban J connectivity index is 1.21. The number of amides is 3. The molecule has 0 spiro atoms. The topological polar surface area (TPSA) is 85.0 Å². The van der Waals surface area contributed by atoms with Crippen LogP contribution in [0, 0.1) is 5.92 Å². The van der Waals surface area contributed by atoms with Gasteiger partial charge in [-0.05, 0) is 62.0 Å². The third-order valence-corrected chi connectivity index (χ3v) is 7.22. The van der Waals surface area contributed by atoms with Gasteiger partial charge in [-0.15, -0.1) is 0 Å². The molecule has 4 aliphatic rings. The Bertz CT molecular complexity index is 874. The number of nitrogens with zero attached hydrogens (tertiary/aromatic N) is 3. The van der Waals surface area contributed by atoms with E-state index < -0.39 is 6.04 Å². The fraction of sp³-hybridized carbons (Fsp3) is 0.609. The highest BCUT2D eigenvalue weighted by Gasteiger charge is 2.39. The molecule has 3 amide bonds. The second kappa shape index (κ2) is 8.59. The van der Waals surface area contributed by atoms with E-state index in [0.717, 1.165) is 56.4 Å². The van der Waals surface area contributed by atoms with Crippen molar-refractivity contribution in [2.24, 2.45) is 5.92 Å². The van der Waals surface area contributed by atoms with Gasteiger partial charge in [-0.1, -0.05) is 0 Å². The van der Waals surface area contributed by atoms with Crippen molar-refractivity contribution in [1.82, 2.24) is 20.4 Å². The van der Waals surface area contributed by atoms with Gasteiger partial charge in [0, 0.05) is 56.9 Å². The predicted octanol–water partition coefficient (Wildman–Crippen LogP) is 0.569. The Hall–Kier alpha value is -2.45. The third kappa shape index (κ3) is 4.19. The number of piperazine rings is 1. The van der Waals surface area contributed by atoms with Crippen molar-refractivity contribution >= 4 is 23.4 Å². The summed E-state index contributed by atoms with van der Waals surface area (Å²) in [5, 5.41) is 5.80. The lowest BCUT2D eigenvalue weighted by Gasteiger charge is -2.38. The number of fused-ring (bicyclic) bond motifs is 1. The number of carbonyl (C=O) groups is 3. The van der Waals surface area contributed by atoms with Crippen LogP contribution in [-0.2, 0) is 16.1 Å². The molecule has 8 nitrogen and oxygen atoms in total. The maximum Gasteiger partial charge on any atom is 0.255 e. The molecule has 3 fully saturated rings. The average molecular weight is 426 g/mol. The van der Waals surface area contributed by atoms with Gasteiger partial charge in [0.2, 0.25) is 11.8 Å². The summed E-state index contributed by atoms with van der Waals surface area (Å²) in [6.07, 6.45) is 3.24. The van der Waals surface area contributed by atoms with Crippen LogP contribution >= 0.6 is 0 Å². The molecule has 166 valence electrons. The molecule has 0 bridgehead atoms. The lowest BCUT2D eigenvalue weighted by molar-refractivity contribution is -0.136. The lowest BCUT2D eigenvalue weighted by Crippen LogP contribution is -2.52. The minimum Gasteiger partial charge on any atom is -0.369 e. The third-order valence-electron chi connectivity index (χ3n) is 7.22. The van der Waals surface area contributed by atoms with Crippen molar-refractivity contribution in [1.29, 1.82) is 0 Å². The van der Waals surface area contributed by atoms with Crippen LogP contribution in [0.4, 0.5) is 5.69 Å². The predicted molar refractivity (Wildman–Crippen MR) is 117 cm³/mol. The number of benzene rings is 1. The molecule has 8 heteroatoms. The summed E-state index contributed by atoms with van der Waals surface area (Å²) in [5.74, 6) is 0.0920. The summed E-state index contributed by atoms with van der Waals surface area (Å²) in [7, 11) is 0. The fourth-order valence-electron chi connectivity index (χ4n) is 5.38. The molecular weight excluding hydrogens is 394 g/mol. The fourth-order valence-corrected chi connectivity index (χ4v) is 5.38. The largest absolute Gasteiger partial charge is 0.369 e. The maximum atomic E-state index is 12.9. The molecule has 0 aromatic heterocycles. The molecule has 1 aromatic carbocycles. The SMILES string of the molecule is O=C1CC[C@@H](N2Cc3cc(N4CCN(CC5CCNCC5)CC4)ccc3C2=O)C(=O)N1. The highest BCUT2D eigenvalue weighted by molar-refractivity contribution is 6.05. The molecule has 0 saturated carbocycles. The van der Waals surface area contributed by atoms with Crippen LogP contribution in [0.3, 0.4) is 0 Å². The number of anilines is 1. The number of nitrogens with one attached hydrogen (secondary N) is 2. The van der Waals surface area contributed by atoms with Crippen LogP contribution in [0.2, 0.25) is 0 Å². The zero-order chi connectivity index (χ0) is 21.4. The van der Waals surface area contributed by atoms with E-state index in [4.69, 9.17) is 0 Å². The summed E-state index contributed by atoms with van der Waals surface area (Å²) in [6, 6.07) is 5.49. The number of rotatable bonds is 4. The van der Waals surface area contributed by atoms with E-state index in [1.165, 1.54) is 19.4 Å². The maximum absolute atomic E-state index is 12.9. The molecule has 5 rings (SSSR count). The highest BCUT2D eigenvalue weighted by atomic mass is 16.2. The Morgan fingerprint density at radius 1 is 0.968 bits per heavy atom. The zero-order valence-electron chi connectivity index (χ0n) is 17.9. The first-order chi connectivity index (χ1) is 15.1. The van der Waals surface area contributed by atoms with Gasteiger partial charge in [-0.2, -0.15) is 0 Å². The molecule has 0 radical (unpaired) electrons. The second-order valence-corrected chi connectivity index (χ2v) is 9.22. The smallest absolute Gasteiger partial charge is 0.255 e. The monoisotopic (exact) mass is 425 g/mol. The summed E-state index contributed by atoms with van der Waals surface area (Å²) in [6.45, 7) is 8.07. The minimum atomic E-state index is -0.556. The number of hydrogen-bond donors (Lipinski definition) is 2. The summed E-state index contributed by atoms with van der Waals surface area (Å²) in [4.78, 5) is 43.2. The van der Waals surface area contributed by atoms with Gasteiger partial charge in [0.15, 0.2) is 0 Å². The van der Waals surface area contributed by atoms with Crippen LogP contribution in [-0.4, -0.2) is 79.4 Å². The molecule has 31 heavy (non-hydrogen) atoms. The highest BCUT2D eigenvalue weighted by Crippen LogP contribution is 2.31. The van der Waals surface area contributed by atoms with E-state index in [-0.39, 0.29) is 24.1 Å². The number of piperidine rings is 2. The molecule has 2 N–H and O–H groups in total. The van der Waals surface area contributed by atoms with Gasteiger partial charge < -0.3 is 15.1 Å².